The van der Waals surface area contributed by atoms with Gasteiger partial charge in [0, 0.05) is 0 Å². The minimum absolute atomic E-state index is 0.736. The highest BCUT2D eigenvalue weighted by Gasteiger charge is 2.80. The zero-order valence-corrected chi connectivity index (χ0v) is 14.4. The fraction of sp³-hybridized carbons (Fsp3) is 1.00. The Labute approximate surface area is 121 Å². The summed E-state index contributed by atoms with van der Waals surface area (Å²) in [5.41, 5.74) is 1.54. The Kier molecular flexibility index (Phi) is 4.11. The summed E-state index contributed by atoms with van der Waals surface area (Å²) in [5.74, 6) is 4.56. The van der Waals surface area contributed by atoms with Gasteiger partial charge >= 0.3 is 0 Å². The average molecular weight is 264 g/mol. The molecule has 0 heteroatoms. The van der Waals surface area contributed by atoms with Gasteiger partial charge in [-0.15, -0.1) is 0 Å². The normalized spacial score (nSPS) is 34.9. The molecule has 0 saturated heterocycles. The van der Waals surface area contributed by atoms with Gasteiger partial charge in [-0.2, -0.15) is 0 Å². The smallest absolute Gasteiger partial charge is 0.0201 e. The maximum atomic E-state index is 2.56. The lowest BCUT2D eigenvalue weighted by Gasteiger charge is -2.27. The van der Waals surface area contributed by atoms with E-state index in [1.165, 1.54) is 19.3 Å². The third-order valence-corrected chi connectivity index (χ3v) is 7.09. The fourth-order valence-corrected chi connectivity index (χ4v) is 5.34. The zero-order chi connectivity index (χ0) is 14.4. The largest absolute Gasteiger partial charge is 0.0648 e. The molecule has 2 saturated carbocycles. The molecule has 0 aromatic rings. The van der Waals surface area contributed by atoms with E-state index in [1.807, 2.05) is 0 Å². The van der Waals surface area contributed by atoms with Crippen LogP contribution in [0.2, 0.25) is 0 Å². The second kappa shape index (κ2) is 5.08. The molecule has 0 N–H and O–H groups in total. The lowest BCUT2D eigenvalue weighted by atomic mass is 9.79. The van der Waals surface area contributed by atoms with Crippen molar-refractivity contribution in [3.05, 3.63) is 0 Å². The average Bonchev–Trinajstić information content (AvgIpc) is 3.24. The number of hydrogen-bond acceptors (Lipinski definition) is 0. The molecule has 0 aromatic heterocycles. The molecule has 2 aliphatic carbocycles. The standard InChI is InChI=1S/C19H36/c1-8-18(10-9-13(2)3)17(19(18)11-12-19)16(7)15(6)14(4)5/h13-17H,8-12H2,1-7H3. The molecule has 112 valence electrons. The molecule has 0 radical (unpaired) electrons. The molecular weight excluding hydrogens is 228 g/mol. The SMILES string of the molecule is CCC1(CCC(C)C)C(C(C)C(C)C(C)C)C12CC2. The minimum atomic E-state index is 0.736. The van der Waals surface area contributed by atoms with Gasteiger partial charge in [-0.1, -0.05) is 54.9 Å². The predicted octanol–water partition coefficient (Wildman–Crippen LogP) is 6.16. The third-order valence-electron chi connectivity index (χ3n) is 7.09. The van der Waals surface area contributed by atoms with Crippen molar-refractivity contribution in [1.29, 1.82) is 0 Å². The van der Waals surface area contributed by atoms with E-state index >= 15 is 0 Å². The molecule has 2 fully saturated rings. The van der Waals surface area contributed by atoms with Crippen LogP contribution < -0.4 is 0 Å². The van der Waals surface area contributed by atoms with E-state index in [-0.39, 0.29) is 0 Å². The molecule has 2 aliphatic rings. The quantitative estimate of drug-likeness (QED) is 0.517. The highest BCUT2D eigenvalue weighted by atomic mass is 14.8. The Balaban J connectivity index is 2.09. The van der Waals surface area contributed by atoms with E-state index < -0.39 is 0 Å². The van der Waals surface area contributed by atoms with E-state index in [0.29, 0.717) is 0 Å². The number of hydrogen-bond donors (Lipinski definition) is 0. The van der Waals surface area contributed by atoms with E-state index in [4.69, 9.17) is 0 Å². The first kappa shape index (κ1) is 15.4. The highest BCUT2D eigenvalue weighted by molar-refractivity contribution is 5.28. The molecule has 4 unspecified atom stereocenters. The number of rotatable bonds is 7. The van der Waals surface area contributed by atoms with Crippen LogP contribution in [0.1, 0.15) is 80.6 Å². The van der Waals surface area contributed by atoms with Crippen LogP contribution in [0, 0.1) is 40.4 Å². The van der Waals surface area contributed by atoms with Crippen molar-refractivity contribution in [3.8, 4) is 0 Å². The van der Waals surface area contributed by atoms with Gasteiger partial charge in [0.05, 0.1) is 0 Å². The van der Waals surface area contributed by atoms with Gasteiger partial charge in [0.1, 0.15) is 0 Å². The van der Waals surface area contributed by atoms with Gasteiger partial charge in [-0.05, 0) is 66.1 Å². The monoisotopic (exact) mass is 264 g/mol. The molecule has 0 bridgehead atoms. The maximum absolute atomic E-state index is 2.56. The molecule has 19 heavy (non-hydrogen) atoms. The van der Waals surface area contributed by atoms with Crippen molar-refractivity contribution >= 4 is 0 Å². The summed E-state index contributed by atoms with van der Waals surface area (Å²) in [7, 11) is 0. The lowest BCUT2D eigenvalue weighted by Crippen LogP contribution is -2.19. The highest BCUT2D eigenvalue weighted by Crippen LogP contribution is 2.87. The zero-order valence-electron chi connectivity index (χ0n) is 14.4. The van der Waals surface area contributed by atoms with Crippen LogP contribution >= 0.6 is 0 Å². The van der Waals surface area contributed by atoms with Crippen LogP contribution in [0.5, 0.6) is 0 Å². The Morgan fingerprint density at radius 1 is 1.00 bits per heavy atom. The van der Waals surface area contributed by atoms with E-state index in [0.717, 1.165) is 40.4 Å². The van der Waals surface area contributed by atoms with Crippen LogP contribution in [0.4, 0.5) is 0 Å². The van der Waals surface area contributed by atoms with E-state index in [9.17, 15) is 0 Å². The van der Waals surface area contributed by atoms with Crippen molar-refractivity contribution < 1.29 is 0 Å². The van der Waals surface area contributed by atoms with Gasteiger partial charge in [-0.25, -0.2) is 0 Å². The second-order valence-electron chi connectivity index (χ2n) is 8.54. The predicted molar refractivity (Wildman–Crippen MR) is 85.1 cm³/mol. The summed E-state index contributed by atoms with van der Waals surface area (Å²) in [6, 6.07) is 0. The van der Waals surface area contributed by atoms with Crippen LogP contribution in [-0.2, 0) is 0 Å². The molecule has 0 heterocycles. The first-order chi connectivity index (χ1) is 8.82. The van der Waals surface area contributed by atoms with Gasteiger partial charge < -0.3 is 0 Å². The summed E-state index contributed by atoms with van der Waals surface area (Å²) in [4.78, 5) is 0. The minimum Gasteiger partial charge on any atom is -0.0648 e. The molecular formula is C19H36. The molecule has 2 rings (SSSR count). The third kappa shape index (κ3) is 2.28. The Morgan fingerprint density at radius 2 is 1.58 bits per heavy atom. The van der Waals surface area contributed by atoms with Crippen LogP contribution in [0.3, 0.4) is 0 Å². The van der Waals surface area contributed by atoms with Gasteiger partial charge in [0.2, 0.25) is 0 Å². The van der Waals surface area contributed by atoms with Crippen molar-refractivity contribution in [2.24, 2.45) is 40.4 Å². The summed E-state index contributed by atoms with van der Waals surface area (Å²) in [5, 5.41) is 0. The molecule has 0 amide bonds. The topological polar surface area (TPSA) is 0 Å². The van der Waals surface area contributed by atoms with Crippen molar-refractivity contribution in [3.63, 3.8) is 0 Å². The Hall–Kier alpha value is 0. The van der Waals surface area contributed by atoms with E-state index in [1.54, 1.807) is 12.8 Å². The Bertz CT molecular complexity index is 310. The Morgan fingerprint density at radius 3 is 1.95 bits per heavy atom. The molecule has 0 aliphatic heterocycles. The van der Waals surface area contributed by atoms with Gasteiger partial charge in [0.25, 0.3) is 0 Å². The van der Waals surface area contributed by atoms with Crippen molar-refractivity contribution in [1.82, 2.24) is 0 Å². The molecule has 0 aromatic carbocycles. The molecule has 0 nitrogen and oxygen atoms in total. The summed E-state index contributed by atoms with van der Waals surface area (Å²) in [6.07, 6.45) is 7.45. The maximum Gasteiger partial charge on any atom is -0.0201 e. The van der Waals surface area contributed by atoms with Crippen LogP contribution in [0.25, 0.3) is 0 Å². The first-order valence-electron chi connectivity index (χ1n) is 8.82. The van der Waals surface area contributed by atoms with Gasteiger partial charge in [0.15, 0.2) is 0 Å². The molecule has 1 spiro atoms. The summed E-state index contributed by atoms with van der Waals surface area (Å²) < 4.78 is 0. The van der Waals surface area contributed by atoms with Crippen LogP contribution in [0.15, 0.2) is 0 Å². The lowest BCUT2D eigenvalue weighted by molar-refractivity contribution is 0.223. The summed E-state index contributed by atoms with van der Waals surface area (Å²) in [6.45, 7) is 17.1. The fourth-order valence-electron chi connectivity index (χ4n) is 5.34. The van der Waals surface area contributed by atoms with E-state index in [2.05, 4.69) is 48.5 Å². The molecule has 4 atom stereocenters. The second-order valence-corrected chi connectivity index (χ2v) is 8.54. The van der Waals surface area contributed by atoms with Crippen molar-refractivity contribution in [2.75, 3.05) is 0 Å². The summed E-state index contributed by atoms with van der Waals surface area (Å²) >= 11 is 0. The van der Waals surface area contributed by atoms with Gasteiger partial charge in [-0.3, -0.25) is 0 Å². The van der Waals surface area contributed by atoms with Crippen LogP contribution in [-0.4, -0.2) is 0 Å². The first-order valence-corrected chi connectivity index (χ1v) is 8.82. The van der Waals surface area contributed by atoms with Crippen molar-refractivity contribution in [2.45, 2.75) is 80.6 Å².